The average Bonchev–Trinajstić information content (AvgIpc) is 2.96. The molecule has 1 aromatic rings. The van der Waals surface area contributed by atoms with Gasteiger partial charge in [-0.05, 0) is 75.0 Å². The van der Waals surface area contributed by atoms with Crippen molar-refractivity contribution in [1.29, 1.82) is 0 Å². The molecule has 2 aliphatic rings. The van der Waals surface area contributed by atoms with Crippen LogP contribution in [0.2, 0.25) is 0 Å². The van der Waals surface area contributed by atoms with Gasteiger partial charge in [0.05, 0.1) is 5.60 Å². The van der Waals surface area contributed by atoms with Crippen molar-refractivity contribution in [2.24, 2.45) is 17.8 Å². The number of nitrogens with zero attached hydrogens (tertiary/aromatic N) is 1. The van der Waals surface area contributed by atoms with Gasteiger partial charge in [0.1, 0.15) is 0 Å². The predicted octanol–water partition coefficient (Wildman–Crippen LogP) is 5.65. The molecule has 25 heavy (non-hydrogen) atoms. The molecule has 3 rings (SSSR count). The van der Waals surface area contributed by atoms with Gasteiger partial charge in [-0.2, -0.15) is 0 Å². The van der Waals surface area contributed by atoms with E-state index in [2.05, 4.69) is 56.9 Å². The SMILES string of the molecule is CC(C)CCC(CCN1Cc2ccccc2C1)C1CCOC(C)(C)C1. The molecule has 1 saturated heterocycles. The van der Waals surface area contributed by atoms with Crippen molar-refractivity contribution in [1.82, 2.24) is 4.90 Å². The first kappa shape index (κ1) is 18.9. The van der Waals surface area contributed by atoms with Crippen molar-refractivity contribution in [3.8, 4) is 0 Å². The lowest BCUT2D eigenvalue weighted by atomic mass is 9.75. The van der Waals surface area contributed by atoms with Gasteiger partial charge in [0.2, 0.25) is 0 Å². The third-order valence-corrected chi connectivity index (χ3v) is 6.24. The number of rotatable bonds is 7. The minimum atomic E-state index is 0.0723. The number of hydrogen-bond donors (Lipinski definition) is 0. The van der Waals surface area contributed by atoms with E-state index in [0.29, 0.717) is 0 Å². The van der Waals surface area contributed by atoms with Crippen LogP contribution in [-0.2, 0) is 17.8 Å². The van der Waals surface area contributed by atoms with Crippen LogP contribution in [0.1, 0.15) is 70.9 Å². The van der Waals surface area contributed by atoms with Crippen LogP contribution in [0.3, 0.4) is 0 Å². The molecule has 1 fully saturated rings. The highest BCUT2D eigenvalue weighted by molar-refractivity contribution is 5.30. The predicted molar refractivity (Wildman–Crippen MR) is 105 cm³/mol. The number of fused-ring (bicyclic) bond motifs is 1. The molecule has 0 aromatic heterocycles. The molecule has 2 nitrogen and oxygen atoms in total. The summed E-state index contributed by atoms with van der Waals surface area (Å²) in [4.78, 5) is 2.65. The maximum atomic E-state index is 5.98. The highest BCUT2D eigenvalue weighted by Gasteiger charge is 2.33. The summed E-state index contributed by atoms with van der Waals surface area (Å²) < 4.78 is 5.98. The highest BCUT2D eigenvalue weighted by Crippen LogP contribution is 2.37. The summed E-state index contributed by atoms with van der Waals surface area (Å²) in [6.07, 6.45) is 6.59. The lowest BCUT2D eigenvalue weighted by Gasteiger charge is -2.40. The highest BCUT2D eigenvalue weighted by atomic mass is 16.5. The summed E-state index contributed by atoms with van der Waals surface area (Å²) in [6, 6.07) is 8.95. The molecule has 2 unspecified atom stereocenters. The second kappa shape index (κ2) is 8.22. The first-order valence-electron chi connectivity index (χ1n) is 10.4. The van der Waals surface area contributed by atoms with Crippen molar-refractivity contribution in [3.05, 3.63) is 35.4 Å². The Kier molecular flexibility index (Phi) is 6.22. The molecular weight excluding hydrogens is 306 g/mol. The fourth-order valence-electron chi connectivity index (χ4n) is 4.75. The summed E-state index contributed by atoms with van der Waals surface area (Å²) in [5.41, 5.74) is 3.14. The lowest BCUT2D eigenvalue weighted by molar-refractivity contribution is -0.0845. The van der Waals surface area contributed by atoms with Gasteiger partial charge in [-0.1, -0.05) is 44.5 Å². The Labute approximate surface area is 154 Å². The zero-order chi connectivity index (χ0) is 17.9. The summed E-state index contributed by atoms with van der Waals surface area (Å²) in [7, 11) is 0. The largest absolute Gasteiger partial charge is 0.376 e. The average molecular weight is 344 g/mol. The van der Waals surface area contributed by atoms with Crippen LogP contribution in [0.4, 0.5) is 0 Å². The third-order valence-electron chi connectivity index (χ3n) is 6.24. The van der Waals surface area contributed by atoms with Crippen molar-refractivity contribution in [2.75, 3.05) is 13.2 Å². The number of benzene rings is 1. The van der Waals surface area contributed by atoms with E-state index in [1.807, 2.05) is 0 Å². The molecule has 0 saturated carbocycles. The maximum absolute atomic E-state index is 5.98. The first-order chi connectivity index (χ1) is 11.9. The minimum absolute atomic E-state index is 0.0723. The third kappa shape index (κ3) is 5.31. The Morgan fingerprint density at radius 2 is 1.76 bits per heavy atom. The van der Waals surface area contributed by atoms with Gasteiger partial charge in [-0.15, -0.1) is 0 Å². The molecular formula is C23H37NO. The van der Waals surface area contributed by atoms with E-state index >= 15 is 0 Å². The number of ether oxygens (including phenoxy) is 1. The van der Waals surface area contributed by atoms with Gasteiger partial charge in [-0.3, -0.25) is 4.90 Å². The Morgan fingerprint density at radius 3 is 2.36 bits per heavy atom. The quantitative estimate of drug-likeness (QED) is 0.634. The minimum Gasteiger partial charge on any atom is -0.376 e. The van der Waals surface area contributed by atoms with Crippen LogP contribution in [0.5, 0.6) is 0 Å². The van der Waals surface area contributed by atoms with E-state index in [-0.39, 0.29) is 5.60 Å². The van der Waals surface area contributed by atoms with Crippen LogP contribution in [0, 0.1) is 17.8 Å². The lowest BCUT2D eigenvalue weighted by Crippen LogP contribution is -2.37. The molecule has 2 heterocycles. The molecule has 0 aliphatic carbocycles. The fraction of sp³-hybridized carbons (Fsp3) is 0.739. The molecule has 0 bridgehead atoms. The summed E-state index contributed by atoms with van der Waals surface area (Å²) in [5, 5.41) is 0. The van der Waals surface area contributed by atoms with Crippen LogP contribution < -0.4 is 0 Å². The van der Waals surface area contributed by atoms with Gasteiger partial charge in [0, 0.05) is 19.7 Å². The van der Waals surface area contributed by atoms with Crippen molar-refractivity contribution < 1.29 is 4.74 Å². The molecule has 2 aliphatic heterocycles. The van der Waals surface area contributed by atoms with Gasteiger partial charge >= 0.3 is 0 Å². The van der Waals surface area contributed by atoms with Crippen LogP contribution in [0.25, 0.3) is 0 Å². The smallest absolute Gasteiger partial charge is 0.0629 e. The van der Waals surface area contributed by atoms with Gasteiger partial charge < -0.3 is 4.74 Å². The second-order valence-electron chi connectivity index (χ2n) is 9.36. The Morgan fingerprint density at radius 1 is 1.08 bits per heavy atom. The van der Waals surface area contributed by atoms with Crippen LogP contribution in [-0.4, -0.2) is 23.7 Å². The molecule has 0 spiro atoms. The van der Waals surface area contributed by atoms with Crippen molar-refractivity contribution in [2.45, 2.75) is 78.5 Å². The Balaban J connectivity index is 1.56. The molecule has 0 N–H and O–H groups in total. The second-order valence-corrected chi connectivity index (χ2v) is 9.36. The zero-order valence-corrected chi connectivity index (χ0v) is 16.8. The van der Waals surface area contributed by atoms with E-state index in [1.165, 1.54) is 49.8 Å². The summed E-state index contributed by atoms with van der Waals surface area (Å²) >= 11 is 0. The van der Waals surface area contributed by atoms with E-state index < -0.39 is 0 Å². The maximum Gasteiger partial charge on any atom is 0.0629 e. The fourth-order valence-corrected chi connectivity index (χ4v) is 4.75. The van der Waals surface area contributed by atoms with E-state index in [4.69, 9.17) is 4.74 Å². The standard InChI is InChI=1S/C23H37NO/c1-18(2)9-10-19(20-12-14-25-23(3,4)15-20)11-13-24-16-21-7-5-6-8-22(21)17-24/h5-8,18-20H,9-17H2,1-4H3. The summed E-state index contributed by atoms with van der Waals surface area (Å²) in [5.74, 6) is 2.51. The first-order valence-corrected chi connectivity index (χ1v) is 10.4. The van der Waals surface area contributed by atoms with E-state index in [1.54, 1.807) is 0 Å². The van der Waals surface area contributed by atoms with Crippen molar-refractivity contribution >= 4 is 0 Å². The van der Waals surface area contributed by atoms with Crippen LogP contribution >= 0.6 is 0 Å². The normalized spacial score (nSPS) is 24.4. The molecule has 2 atom stereocenters. The van der Waals surface area contributed by atoms with E-state index in [9.17, 15) is 0 Å². The van der Waals surface area contributed by atoms with Crippen LogP contribution in [0.15, 0.2) is 24.3 Å². The van der Waals surface area contributed by atoms with Crippen molar-refractivity contribution in [3.63, 3.8) is 0 Å². The van der Waals surface area contributed by atoms with E-state index in [0.717, 1.165) is 37.5 Å². The Hall–Kier alpha value is -0.860. The zero-order valence-electron chi connectivity index (χ0n) is 16.8. The molecule has 2 heteroatoms. The monoisotopic (exact) mass is 343 g/mol. The Bertz CT molecular complexity index is 526. The molecule has 1 aromatic carbocycles. The molecule has 140 valence electrons. The molecule has 0 amide bonds. The number of hydrogen-bond acceptors (Lipinski definition) is 2. The van der Waals surface area contributed by atoms with Gasteiger partial charge in [0.15, 0.2) is 0 Å². The topological polar surface area (TPSA) is 12.5 Å². The van der Waals surface area contributed by atoms with Gasteiger partial charge in [-0.25, -0.2) is 0 Å². The summed E-state index contributed by atoms with van der Waals surface area (Å²) in [6.45, 7) is 13.8. The van der Waals surface area contributed by atoms with Gasteiger partial charge in [0.25, 0.3) is 0 Å². The molecule has 0 radical (unpaired) electrons.